The Labute approximate surface area is 224 Å². The second-order valence-electron chi connectivity index (χ2n) is 15.4. The van der Waals surface area contributed by atoms with Gasteiger partial charge in [-0.2, -0.15) is 0 Å². The zero-order valence-corrected chi connectivity index (χ0v) is 24.5. The minimum atomic E-state index is -0.463. The molecule has 5 heteroatoms. The van der Waals surface area contributed by atoms with Gasteiger partial charge in [-0.3, -0.25) is 4.79 Å². The fraction of sp³-hybridized carbons (Fsp3) is 0.906. The van der Waals surface area contributed by atoms with Gasteiger partial charge in [0.05, 0.1) is 12.2 Å². The Balaban J connectivity index is 1.64. The van der Waals surface area contributed by atoms with Gasteiger partial charge in [-0.1, -0.05) is 60.1 Å². The van der Waals surface area contributed by atoms with Gasteiger partial charge >= 0.3 is 5.97 Å². The minimum absolute atomic E-state index is 0.0338. The van der Waals surface area contributed by atoms with Crippen molar-refractivity contribution >= 4 is 5.97 Å². The number of carbonyl (C=O) groups excluding carboxylic acids is 1. The van der Waals surface area contributed by atoms with Gasteiger partial charge in [0, 0.05) is 30.8 Å². The van der Waals surface area contributed by atoms with E-state index in [2.05, 4.69) is 54.5 Å². The number of ether oxygens (including phenoxy) is 1. The van der Waals surface area contributed by atoms with Crippen molar-refractivity contribution in [2.24, 2.45) is 56.7 Å². The predicted octanol–water partition coefficient (Wildman–Crippen LogP) is 5.51. The molecule has 0 aliphatic heterocycles. The molecule has 37 heavy (non-hydrogen) atoms. The lowest BCUT2D eigenvalue weighted by atomic mass is 9.35. The zero-order chi connectivity index (χ0) is 27.3. The van der Waals surface area contributed by atoms with Crippen molar-refractivity contribution < 1.29 is 24.9 Å². The Morgan fingerprint density at radius 2 is 1.73 bits per heavy atom. The predicted molar refractivity (Wildman–Crippen MR) is 144 cm³/mol. The molecule has 0 amide bonds. The summed E-state index contributed by atoms with van der Waals surface area (Å²) in [4.78, 5) is 12.3. The van der Waals surface area contributed by atoms with Crippen LogP contribution in [-0.4, -0.2) is 46.2 Å². The van der Waals surface area contributed by atoms with Crippen LogP contribution in [0.25, 0.3) is 0 Å². The minimum Gasteiger partial charge on any atom is -0.462 e. The van der Waals surface area contributed by atoms with Gasteiger partial charge in [0.2, 0.25) is 0 Å². The first-order chi connectivity index (χ1) is 17.1. The van der Waals surface area contributed by atoms with Crippen molar-refractivity contribution in [1.82, 2.24) is 0 Å². The zero-order valence-electron chi connectivity index (χ0n) is 24.5. The topological polar surface area (TPSA) is 87.0 Å². The summed E-state index contributed by atoms with van der Waals surface area (Å²) in [6.07, 6.45) is 7.47. The van der Waals surface area contributed by atoms with Gasteiger partial charge < -0.3 is 20.1 Å². The summed E-state index contributed by atoms with van der Waals surface area (Å²) in [5.74, 6) is 0.803. The highest BCUT2D eigenvalue weighted by molar-refractivity contribution is 5.66. The van der Waals surface area contributed by atoms with Crippen LogP contribution in [0.4, 0.5) is 0 Å². The molecule has 5 rings (SSSR count). The summed E-state index contributed by atoms with van der Waals surface area (Å²) in [6, 6.07) is 0. The molecule has 0 aromatic rings. The van der Waals surface area contributed by atoms with Gasteiger partial charge in [-0.25, -0.2) is 0 Å². The van der Waals surface area contributed by atoms with Crippen LogP contribution < -0.4 is 0 Å². The van der Waals surface area contributed by atoms with Gasteiger partial charge in [0.15, 0.2) is 0 Å². The molecule has 0 aromatic heterocycles. The molecule has 5 nitrogen and oxygen atoms in total. The van der Waals surface area contributed by atoms with E-state index < -0.39 is 6.10 Å². The van der Waals surface area contributed by atoms with E-state index in [0.29, 0.717) is 18.3 Å². The number of allylic oxidation sites excluding steroid dienone is 1. The van der Waals surface area contributed by atoms with Gasteiger partial charge in [-0.15, -0.1) is 0 Å². The summed E-state index contributed by atoms with van der Waals surface area (Å²) in [5, 5.41) is 33.9. The molecule has 3 N–H and O–H groups in total. The summed E-state index contributed by atoms with van der Waals surface area (Å²) >= 11 is 0. The molecular formula is C32H52O5. The third-order valence-corrected chi connectivity index (χ3v) is 13.5. The summed E-state index contributed by atoms with van der Waals surface area (Å²) in [6.45, 7) is 17.7. The average molecular weight is 517 g/mol. The SMILES string of the molecule is CC(=O)OC1CC(C(C)C)C2(CO)CCC3(C)C4C(=CCC3(C)C12)C1(C)CCC(O)C(C)(C)C1CC4O. The number of hydrogen-bond acceptors (Lipinski definition) is 5. The molecule has 210 valence electrons. The Morgan fingerprint density at radius 3 is 2.32 bits per heavy atom. The largest absolute Gasteiger partial charge is 0.462 e. The van der Waals surface area contributed by atoms with Crippen LogP contribution in [-0.2, 0) is 9.53 Å². The number of esters is 1. The van der Waals surface area contributed by atoms with E-state index in [-0.39, 0.29) is 69.6 Å². The number of carbonyl (C=O) groups is 1. The van der Waals surface area contributed by atoms with E-state index in [0.717, 1.165) is 38.5 Å². The van der Waals surface area contributed by atoms with Crippen molar-refractivity contribution in [2.45, 2.75) is 119 Å². The van der Waals surface area contributed by atoms with E-state index in [9.17, 15) is 20.1 Å². The smallest absolute Gasteiger partial charge is 0.302 e. The molecule has 5 aliphatic rings. The normalized spacial score (nSPS) is 52.4. The highest BCUT2D eigenvalue weighted by atomic mass is 16.5. The Bertz CT molecular complexity index is 970. The number of aliphatic hydroxyl groups is 3. The number of hydrogen-bond donors (Lipinski definition) is 3. The Hall–Kier alpha value is -0.910. The van der Waals surface area contributed by atoms with Crippen molar-refractivity contribution in [1.29, 1.82) is 0 Å². The first kappa shape index (κ1) is 27.6. The molecule has 11 unspecified atom stereocenters. The Kier molecular flexibility index (Phi) is 6.38. The molecule has 4 fully saturated rings. The lowest BCUT2D eigenvalue weighted by molar-refractivity contribution is -0.216. The molecule has 0 radical (unpaired) electrons. The molecule has 0 bridgehead atoms. The lowest BCUT2D eigenvalue weighted by Gasteiger charge is -2.70. The van der Waals surface area contributed by atoms with Crippen molar-refractivity contribution in [3.05, 3.63) is 11.6 Å². The summed E-state index contributed by atoms with van der Waals surface area (Å²) < 4.78 is 6.09. The third kappa shape index (κ3) is 3.41. The highest BCUT2D eigenvalue weighted by Crippen LogP contribution is 2.76. The molecule has 0 aromatic carbocycles. The van der Waals surface area contributed by atoms with Crippen LogP contribution >= 0.6 is 0 Å². The van der Waals surface area contributed by atoms with E-state index >= 15 is 0 Å². The maximum Gasteiger partial charge on any atom is 0.302 e. The van der Waals surface area contributed by atoms with Crippen LogP contribution in [0.15, 0.2) is 11.6 Å². The summed E-state index contributed by atoms with van der Waals surface area (Å²) in [7, 11) is 0. The molecule has 5 aliphatic carbocycles. The number of fused-ring (bicyclic) bond motifs is 7. The van der Waals surface area contributed by atoms with E-state index in [1.807, 2.05) is 0 Å². The Morgan fingerprint density at radius 1 is 1.05 bits per heavy atom. The van der Waals surface area contributed by atoms with E-state index in [4.69, 9.17) is 4.74 Å². The van der Waals surface area contributed by atoms with Crippen LogP contribution in [0.1, 0.15) is 100 Å². The standard InChI is InChI=1S/C32H52O5/c1-18(2)21-15-23(37-19(3)34)27-31(8)12-9-20-26(30(31,7)13-14-32(21,27)17-33)22(35)16-24-28(4,5)25(36)10-11-29(20,24)6/h9,18,21-27,33,35-36H,10-17H2,1-8H3. The fourth-order valence-corrected chi connectivity index (χ4v) is 11.5. The summed E-state index contributed by atoms with van der Waals surface area (Å²) in [5.41, 5.74) is 0.495. The molecule has 11 atom stereocenters. The van der Waals surface area contributed by atoms with Gasteiger partial charge in [0.25, 0.3) is 0 Å². The third-order valence-electron chi connectivity index (χ3n) is 13.5. The van der Waals surface area contributed by atoms with Crippen molar-refractivity contribution in [2.75, 3.05) is 6.61 Å². The molecule has 4 saturated carbocycles. The highest BCUT2D eigenvalue weighted by Gasteiger charge is 2.73. The quantitative estimate of drug-likeness (QED) is 0.340. The number of aliphatic hydroxyl groups excluding tert-OH is 3. The van der Waals surface area contributed by atoms with Crippen molar-refractivity contribution in [3.63, 3.8) is 0 Å². The van der Waals surface area contributed by atoms with Crippen LogP contribution in [0.5, 0.6) is 0 Å². The molecule has 0 heterocycles. The second-order valence-corrected chi connectivity index (χ2v) is 15.4. The van der Waals surface area contributed by atoms with Gasteiger partial charge in [0.1, 0.15) is 6.10 Å². The van der Waals surface area contributed by atoms with Crippen LogP contribution in [0, 0.1) is 56.7 Å². The van der Waals surface area contributed by atoms with Crippen LogP contribution in [0.3, 0.4) is 0 Å². The van der Waals surface area contributed by atoms with E-state index in [1.165, 1.54) is 12.5 Å². The second kappa shape index (κ2) is 8.54. The van der Waals surface area contributed by atoms with Crippen LogP contribution in [0.2, 0.25) is 0 Å². The molecule has 0 saturated heterocycles. The lowest BCUT2D eigenvalue weighted by Crippen LogP contribution is -2.66. The number of rotatable bonds is 3. The first-order valence-corrected chi connectivity index (χ1v) is 14.9. The van der Waals surface area contributed by atoms with E-state index in [1.54, 1.807) is 0 Å². The fourth-order valence-electron chi connectivity index (χ4n) is 11.5. The monoisotopic (exact) mass is 516 g/mol. The maximum atomic E-state index is 12.3. The average Bonchev–Trinajstić information content (AvgIpc) is 3.14. The van der Waals surface area contributed by atoms with Gasteiger partial charge in [-0.05, 0) is 84.4 Å². The molecule has 0 spiro atoms. The van der Waals surface area contributed by atoms with Crippen molar-refractivity contribution in [3.8, 4) is 0 Å². The first-order valence-electron chi connectivity index (χ1n) is 14.9. The molecular weight excluding hydrogens is 464 g/mol. The maximum absolute atomic E-state index is 12.3.